The summed E-state index contributed by atoms with van der Waals surface area (Å²) < 4.78 is 5.27. The molecule has 2 fully saturated rings. The van der Waals surface area contributed by atoms with Crippen molar-refractivity contribution >= 4 is 6.09 Å². The fourth-order valence-electron chi connectivity index (χ4n) is 2.72. The van der Waals surface area contributed by atoms with Gasteiger partial charge in [0.15, 0.2) is 0 Å². The first-order valence-electron chi connectivity index (χ1n) is 7.64. The van der Waals surface area contributed by atoms with E-state index in [1.165, 1.54) is 32.1 Å². The quantitative estimate of drug-likeness (QED) is 0.806. The molecule has 4 heteroatoms. The summed E-state index contributed by atoms with van der Waals surface area (Å²) in [6.45, 7) is 7.57. The van der Waals surface area contributed by atoms with Gasteiger partial charge in [0.2, 0.25) is 0 Å². The molecule has 0 saturated heterocycles. The lowest BCUT2D eigenvalue weighted by Crippen LogP contribution is -2.41. The summed E-state index contributed by atoms with van der Waals surface area (Å²) >= 11 is 0. The predicted octanol–water partition coefficient (Wildman–Crippen LogP) is 2.68. The highest BCUT2D eigenvalue weighted by Crippen LogP contribution is 2.30. The number of amides is 1. The van der Waals surface area contributed by atoms with Gasteiger partial charge in [0, 0.05) is 12.6 Å². The van der Waals surface area contributed by atoms with E-state index in [9.17, 15) is 4.79 Å². The number of ether oxygens (including phenoxy) is 1. The van der Waals surface area contributed by atoms with Crippen molar-refractivity contribution in [2.45, 2.75) is 64.5 Å². The van der Waals surface area contributed by atoms with E-state index in [2.05, 4.69) is 10.6 Å². The topological polar surface area (TPSA) is 50.4 Å². The molecule has 19 heavy (non-hydrogen) atoms. The van der Waals surface area contributed by atoms with E-state index < -0.39 is 5.60 Å². The van der Waals surface area contributed by atoms with Gasteiger partial charge >= 0.3 is 6.09 Å². The van der Waals surface area contributed by atoms with Gasteiger partial charge in [0.05, 0.1) is 0 Å². The highest BCUT2D eigenvalue weighted by atomic mass is 16.6. The average Bonchev–Trinajstić information content (AvgIpc) is 3.01. The lowest BCUT2D eigenvalue weighted by Gasteiger charge is -2.23. The maximum atomic E-state index is 11.6. The second-order valence-electron chi connectivity index (χ2n) is 7.03. The van der Waals surface area contributed by atoms with Crippen LogP contribution in [0.1, 0.15) is 52.9 Å². The van der Waals surface area contributed by atoms with Crippen molar-refractivity contribution in [3.63, 3.8) is 0 Å². The lowest BCUT2D eigenvalue weighted by atomic mass is 10.0. The molecule has 1 amide bonds. The number of hydrogen-bond donors (Lipinski definition) is 2. The Hall–Kier alpha value is -0.770. The fourth-order valence-corrected chi connectivity index (χ4v) is 2.72. The second-order valence-corrected chi connectivity index (χ2v) is 7.03. The molecule has 0 radical (unpaired) electrons. The Bertz CT molecular complexity index is 308. The van der Waals surface area contributed by atoms with Crippen LogP contribution in [0.2, 0.25) is 0 Å². The van der Waals surface area contributed by atoms with Crippen molar-refractivity contribution in [2.75, 3.05) is 13.1 Å². The first-order chi connectivity index (χ1) is 8.94. The minimum atomic E-state index is -0.413. The summed E-state index contributed by atoms with van der Waals surface area (Å²) in [6, 6.07) is 0.579. The molecule has 0 bridgehead atoms. The van der Waals surface area contributed by atoms with Crippen molar-refractivity contribution in [3.05, 3.63) is 0 Å². The maximum Gasteiger partial charge on any atom is 0.407 e. The summed E-state index contributed by atoms with van der Waals surface area (Å²) in [5.41, 5.74) is -0.413. The third-order valence-corrected chi connectivity index (χ3v) is 3.93. The molecule has 2 N–H and O–H groups in total. The molecular formula is C15H28N2O2. The minimum Gasteiger partial charge on any atom is -0.444 e. The zero-order valence-corrected chi connectivity index (χ0v) is 12.5. The van der Waals surface area contributed by atoms with Gasteiger partial charge in [-0.05, 0) is 64.8 Å². The summed E-state index contributed by atoms with van der Waals surface area (Å²) in [7, 11) is 0. The molecule has 0 aliphatic heterocycles. The van der Waals surface area contributed by atoms with Crippen LogP contribution < -0.4 is 10.6 Å². The molecule has 0 aromatic heterocycles. The highest BCUT2D eigenvalue weighted by Gasteiger charge is 2.30. The van der Waals surface area contributed by atoms with E-state index in [4.69, 9.17) is 4.74 Å². The predicted molar refractivity (Wildman–Crippen MR) is 76.1 cm³/mol. The molecule has 0 heterocycles. The molecule has 2 rings (SSSR count). The van der Waals surface area contributed by atoms with Crippen LogP contribution in [-0.4, -0.2) is 30.8 Å². The molecular weight excluding hydrogens is 240 g/mol. The highest BCUT2D eigenvalue weighted by molar-refractivity contribution is 5.67. The van der Waals surface area contributed by atoms with E-state index >= 15 is 0 Å². The average molecular weight is 268 g/mol. The van der Waals surface area contributed by atoms with Crippen LogP contribution in [0.15, 0.2) is 0 Å². The third kappa shape index (κ3) is 5.39. The minimum absolute atomic E-state index is 0.291. The lowest BCUT2D eigenvalue weighted by molar-refractivity contribution is 0.0517. The van der Waals surface area contributed by atoms with Crippen molar-refractivity contribution in [1.82, 2.24) is 10.6 Å². The molecule has 2 unspecified atom stereocenters. The zero-order valence-electron chi connectivity index (χ0n) is 12.5. The maximum absolute atomic E-state index is 11.6. The molecule has 2 saturated carbocycles. The van der Waals surface area contributed by atoms with Crippen LogP contribution in [0.4, 0.5) is 4.79 Å². The molecule has 0 aromatic carbocycles. The normalized spacial score (nSPS) is 27.3. The van der Waals surface area contributed by atoms with E-state index in [1.54, 1.807) is 0 Å². The molecule has 2 aliphatic carbocycles. The van der Waals surface area contributed by atoms with Gasteiger partial charge in [-0.15, -0.1) is 0 Å². The number of hydrogen-bond acceptors (Lipinski definition) is 3. The number of alkyl carbamates (subject to hydrolysis) is 1. The Kier molecular flexibility index (Phi) is 4.71. The van der Waals surface area contributed by atoms with Crippen molar-refractivity contribution in [3.8, 4) is 0 Å². The van der Waals surface area contributed by atoms with Gasteiger partial charge in [-0.1, -0.05) is 6.42 Å². The monoisotopic (exact) mass is 268 g/mol. The van der Waals surface area contributed by atoms with Crippen LogP contribution in [0.5, 0.6) is 0 Å². The Morgan fingerprint density at radius 3 is 2.53 bits per heavy atom. The largest absolute Gasteiger partial charge is 0.444 e. The fraction of sp³-hybridized carbons (Fsp3) is 0.933. The summed E-state index contributed by atoms with van der Waals surface area (Å²) in [4.78, 5) is 11.6. The van der Waals surface area contributed by atoms with Crippen LogP contribution in [0, 0.1) is 11.8 Å². The standard InChI is InChI=1S/C15H28N2O2/c1-15(2,3)19-14(18)17-10-12-5-4-6-13(12)16-9-11-7-8-11/h11-13,16H,4-10H2,1-3H3,(H,17,18). The van der Waals surface area contributed by atoms with Crippen molar-refractivity contribution in [2.24, 2.45) is 11.8 Å². The van der Waals surface area contributed by atoms with E-state index in [-0.39, 0.29) is 6.09 Å². The first kappa shape index (κ1) is 14.6. The van der Waals surface area contributed by atoms with E-state index in [0.29, 0.717) is 12.0 Å². The van der Waals surface area contributed by atoms with Gasteiger partial charge in [-0.3, -0.25) is 0 Å². The summed E-state index contributed by atoms with van der Waals surface area (Å²) in [6.07, 6.45) is 6.20. The Morgan fingerprint density at radius 2 is 1.89 bits per heavy atom. The number of nitrogens with one attached hydrogen (secondary N) is 2. The van der Waals surface area contributed by atoms with Crippen LogP contribution >= 0.6 is 0 Å². The second kappa shape index (κ2) is 6.12. The van der Waals surface area contributed by atoms with E-state index in [0.717, 1.165) is 19.0 Å². The number of carbonyl (C=O) groups is 1. The molecule has 110 valence electrons. The van der Waals surface area contributed by atoms with Crippen LogP contribution in [0.3, 0.4) is 0 Å². The van der Waals surface area contributed by atoms with Gasteiger partial charge < -0.3 is 15.4 Å². The van der Waals surface area contributed by atoms with Gasteiger partial charge in [0.25, 0.3) is 0 Å². The molecule has 2 aliphatic rings. The van der Waals surface area contributed by atoms with Crippen molar-refractivity contribution in [1.29, 1.82) is 0 Å². The third-order valence-electron chi connectivity index (χ3n) is 3.93. The first-order valence-corrected chi connectivity index (χ1v) is 7.64. The van der Waals surface area contributed by atoms with Gasteiger partial charge in [0.1, 0.15) is 5.60 Å². The Labute approximate surface area is 116 Å². The number of carbonyl (C=O) groups excluding carboxylic acids is 1. The molecule has 0 spiro atoms. The molecule has 4 nitrogen and oxygen atoms in total. The number of rotatable bonds is 5. The Balaban J connectivity index is 1.67. The van der Waals surface area contributed by atoms with E-state index in [1.807, 2.05) is 20.8 Å². The molecule has 0 aromatic rings. The smallest absolute Gasteiger partial charge is 0.407 e. The van der Waals surface area contributed by atoms with Crippen molar-refractivity contribution < 1.29 is 9.53 Å². The van der Waals surface area contributed by atoms with Gasteiger partial charge in [-0.25, -0.2) is 4.79 Å². The summed E-state index contributed by atoms with van der Waals surface area (Å²) in [5, 5.41) is 6.59. The Morgan fingerprint density at radius 1 is 1.16 bits per heavy atom. The van der Waals surface area contributed by atoms with Gasteiger partial charge in [-0.2, -0.15) is 0 Å². The SMILES string of the molecule is CC(C)(C)OC(=O)NCC1CCCC1NCC1CC1. The van der Waals surface area contributed by atoms with Crippen LogP contribution in [-0.2, 0) is 4.74 Å². The van der Waals surface area contributed by atoms with Crippen LogP contribution in [0.25, 0.3) is 0 Å². The zero-order chi connectivity index (χ0) is 13.9. The summed E-state index contributed by atoms with van der Waals surface area (Å²) in [5.74, 6) is 1.48. The molecule has 2 atom stereocenters.